The number of likely N-dealkylation sites (tertiary alicyclic amines) is 1. The van der Waals surface area contributed by atoms with E-state index in [1.165, 1.54) is 15.4 Å². The van der Waals surface area contributed by atoms with Gasteiger partial charge in [0.25, 0.3) is 0 Å². The summed E-state index contributed by atoms with van der Waals surface area (Å²) in [6.07, 6.45) is 5.95. The van der Waals surface area contributed by atoms with E-state index in [4.69, 9.17) is 4.98 Å². The molecule has 1 unspecified atom stereocenters. The van der Waals surface area contributed by atoms with Crippen LogP contribution in [0, 0.1) is 13.8 Å². The minimum atomic E-state index is 0.166. The number of nitrogens with one attached hydrogen (secondary N) is 1. The highest BCUT2D eigenvalue weighted by molar-refractivity contribution is 7.17. The molecule has 0 saturated carbocycles. The summed E-state index contributed by atoms with van der Waals surface area (Å²) in [6, 6.07) is 14.0. The summed E-state index contributed by atoms with van der Waals surface area (Å²) in [7, 11) is 0. The second-order valence-corrected chi connectivity index (χ2v) is 9.62. The molecule has 6 nitrogen and oxygen atoms in total. The fourth-order valence-corrected chi connectivity index (χ4v) is 5.58. The first-order valence-electron chi connectivity index (χ1n) is 11.1. The number of hydrogen-bond donors (Lipinski definition) is 1. The lowest BCUT2D eigenvalue weighted by Crippen LogP contribution is -2.40. The Morgan fingerprint density at radius 1 is 1.19 bits per heavy atom. The van der Waals surface area contributed by atoms with Gasteiger partial charge in [-0.1, -0.05) is 24.3 Å². The zero-order chi connectivity index (χ0) is 22.1. The van der Waals surface area contributed by atoms with Gasteiger partial charge in [-0.3, -0.25) is 14.2 Å². The smallest absolute Gasteiger partial charge is 0.227 e. The predicted molar refractivity (Wildman–Crippen MR) is 129 cm³/mol. The Labute approximate surface area is 191 Å². The van der Waals surface area contributed by atoms with Crippen molar-refractivity contribution in [3.8, 4) is 0 Å². The zero-order valence-corrected chi connectivity index (χ0v) is 19.2. The van der Waals surface area contributed by atoms with Crippen LogP contribution in [0.1, 0.15) is 40.6 Å². The van der Waals surface area contributed by atoms with Crippen molar-refractivity contribution in [3.05, 3.63) is 76.7 Å². The maximum absolute atomic E-state index is 13.0. The number of benzene rings is 1. The molecular weight excluding hydrogens is 418 g/mol. The number of anilines is 2. The minimum Gasteiger partial charge on any atom is -0.342 e. The van der Waals surface area contributed by atoms with Gasteiger partial charge in [0.05, 0.1) is 12.1 Å². The van der Waals surface area contributed by atoms with E-state index in [0.29, 0.717) is 13.0 Å². The molecule has 1 aliphatic heterocycles. The standard InChI is InChI=1S/C25H27N5OS/c1-17-18(2)32-24-23(28-25(30(17)24)27-21-10-4-3-5-11-21)20-9-7-13-29(16-20)22(31)14-19-8-6-12-26-15-19/h3-6,8,10-12,15,20H,7,9,13-14,16H2,1-2H3,(H,27,28). The van der Waals surface area contributed by atoms with Crippen molar-refractivity contribution >= 4 is 33.7 Å². The van der Waals surface area contributed by atoms with E-state index in [-0.39, 0.29) is 11.8 Å². The third-order valence-corrected chi connectivity index (χ3v) is 7.41. The lowest BCUT2D eigenvalue weighted by Gasteiger charge is -2.32. The van der Waals surface area contributed by atoms with Crippen molar-refractivity contribution in [3.63, 3.8) is 0 Å². The average molecular weight is 446 g/mol. The van der Waals surface area contributed by atoms with Gasteiger partial charge in [-0.2, -0.15) is 0 Å². The topological polar surface area (TPSA) is 62.5 Å². The number of nitrogens with zero attached hydrogens (tertiary/aromatic N) is 4. The van der Waals surface area contributed by atoms with Crippen molar-refractivity contribution in [1.82, 2.24) is 19.3 Å². The number of amides is 1. The van der Waals surface area contributed by atoms with E-state index >= 15 is 0 Å². The van der Waals surface area contributed by atoms with E-state index in [0.717, 1.165) is 42.3 Å². The number of carbonyl (C=O) groups excluding carboxylic acids is 1. The van der Waals surface area contributed by atoms with Crippen molar-refractivity contribution in [2.45, 2.75) is 39.0 Å². The number of hydrogen-bond acceptors (Lipinski definition) is 5. The Morgan fingerprint density at radius 3 is 2.81 bits per heavy atom. The molecule has 1 amide bonds. The van der Waals surface area contributed by atoms with Crippen molar-refractivity contribution in [2.75, 3.05) is 18.4 Å². The second kappa shape index (κ2) is 8.74. The maximum Gasteiger partial charge on any atom is 0.227 e. The molecule has 0 aliphatic carbocycles. The summed E-state index contributed by atoms with van der Waals surface area (Å²) < 4.78 is 2.23. The normalized spacial score (nSPS) is 16.4. The van der Waals surface area contributed by atoms with Gasteiger partial charge in [-0.05, 0) is 50.5 Å². The Morgan fingerprint density at radius 2 is 2.03 bits per heavy atom. The number of piperidine rings is 1. The molecule has 5 rings (SSSR count). The summed E-state index contributed by atoms with van der Waals surface area (Å²) in [5.74, 6) is 1.25. The molecule has 3 aromatic heterocycles. The molecule has 1 atom stereocenters. The van der Waals surface area contributed by atoms with E-state index in [1.54, 1.807) is 23.7 Å². The van der Waals surface area contributed by atoms with Gasteiger partial charge in [-0.25, -0.2) is 4.98 Å². The third kappa shape index (κ3) is 4.00. The molecular formula is C25H27N5OS. The quantitative estimate of drug-likeness (QED) is 0.464. The van der Waals surface area contributed by atoms with Crippen LogP contribution in [0.2, 0.25) is 0 Å². The number of carbonyl (C=O) groups is 1. The van der Waals surface area contributed by atoms with Crippen LogP contribution in [0.15, 0.2) is 54.9 Å². The van der Waals surface area contributed by atoms with E-state index in [1.807, 2.05) is 35.2 Å². The lowest BCUT2D eigenvalue weighted by molar-refractivity contribution is -0.131. The minimum absolute atomic E-state index is 0.166. The SMILES string of the molecule is Cc1sc2c(C3CCCN(C(=O)Cc4cccnc4)C3)nc(Nc3ccccc3)n2c1C. The highest BCUT2D eigenvalue weighted by Crippen LogP contribution is 2.37. The number of fused-ring (bicyclic) bond motifs is 1. The summed E-state index contributed by atoms with van der Waals surface area (Å²) in [4.78, 5) is 26.7. The van der Waals surface area contributed by atoms with E-state index < -0.39 is 0 Å². The van der Waals surface area contributed by atoms with Crippen LogP contribution in [0.25, 0.3) is 4.83 Å². The van der Waals surface area contributed by atoms with E-state index in [9.17, 15) is 4.79 Å². The molecule has 0 bridgehead atoms. The van der Waals surface area contributed by atoms with Gasteiger partial charge in [-0.15, -0.1) is 11.3 Å². The highest BCUT2D eigenvalue weighted by atomic mass is 32.1. The number of rotatable bonds is 5. The molecule has 4 aromatic rings. The molecule has 1 saturated heterocycles. The number of pyridine rings is 1. The van der Waals surface area contributed by atoms with Crippen LogP contribution >= 0.6 is 11.3 Å². The number of imidazole rings is 1. The number of aromatic nitrogens is 3. The predicted octanol–water partition coefficient (Wildman–Crippen LogP) is 5.10. The van der Waals surface area contributed by atoms with Crippen LogP contribution in [-0.2, 0) is 11.2 Å². The third-order valence-electron chi connectivity index (χ3n) is 6.22. The fraction of sp³-hybridized carbons (Fsp3) is 0.320. The Kier molecular flexibility index (Phi) is 5.66. The van der Waals surface area contributed by atoms with E-state index in [2.05, 4.69) is 40.7 Å². The van der Waals surface area contributed by atoms with Gasteiger partial charge in [0, 0.05) is 47.7 Å². The molecule has 164 valence electrons. The summed E-state index contributed by atoms with van der Waals surface area (Å²) in [6.45, 7) is 5.83. The Bertz CT molecular complexity index is 1230. The van der Waals surface area contributed by atoms with Crippen LogP contribution in [0.4, 0.5) is 11.6 Å². The molecule has 1 aromatic carbocycles. The van der Waals surface area contributed by atoms with Gasteiger partial charge >= 0.3 is 0 Å². The fourth-order valence-electron chi connectivity index (χ4n) is 4.42. The van der Waals surface area contributed by atoms with Gasteiger partial charge in [0.15, 0.2) is 0 Å². The number of thiazole rings is 1. The molecule has 1 aliphatic rings. The molecule has 4 heterocycles. The highest BCUT2D eigenvalue weighted by Gasteiger charge is 2.30. The van der Waals surface area contributed by atoms with Crippen LogP contribution in [0.3, 0.4) is 0 Å². The number of para-hydroxylation sites is 1. The largest absolute Gasteiger partial charge is 0.342 e. The summed E-state index contributed by atoms with van der Waals surface area (Å²) in [5, 5.41) is 3.50. The van der Waals surface area contributed by atoms with Crippen molar-refractivity contribution in [1.29, 1.82) is 0 Å². The van der Waals surface area contributed by atoms with Crippen molar-refractivity contribution in [2.24, 2.45) is 0 Å². The maximum atomic E-state index is 13.0. The van der Waals surface area contributed by atoms with Gasteiger partial charge in [0.1, 0.15) is 4.83 Å². The molecule has 0 radical (unpaired) electrons. The monoisotopic (exact) mass is 445 g/mol. The second-order valence-electron chi connectivity index (χ2n) is 8.41. The summed E-state index contributed by atoms with van der Waals surface area (Å²) in [5.41, 5.74) is 4.29. The number of aryl methyl sites for hydroxylation is 2. The van der Waals surface area contributed by atoms with Crippen molar-refractivity contribution < 1.29 is 4.79 Å². The van der Waals surface area contributed by atoms with Crippen LogP contribution in [-0.4, -0.2) is 38.3 Å². The first-order chi connectivity index (χ1) is 15.6. The first kappa shape index (κ1) is 20.7. The molecule has 7 heteroatoms. The summed E-state index contributed by atoms with van der Waals surface area (Å²) >= 11 is 1.79. The van der Waals surface area contributed by atoms with Gasteiger partial charge in [0.2, 0.25) is 11.9 Å². The zero-order valence-electron chi connectivity index (χ0n) is 18.4. The molecule has 1 fully saturated rings. The van der Waals surface area contributed by atoms with Crippen LogP contribution < -0.4 is 5.32 Å². The Balaban J connectivity index is 1.42. The molecule has 1 N–H and O–H groups in total. The van der Waals surface area contributed by atoms with Crippen LogP contribution in [0.5, 0.6) is 0 Å². The molecule has 0 spiro atoms. The first-order valence-corrected chi connectivity index (χ1v) is 11.9. The average Bonchev–Trinajstić information content (AvgIpc) is 3.32. The van der Waals surface area contributed by atoms with Gasteiger partial charge < -0.3 is 10.2 Å². The Hall–Kier alpha value is -3.19. The lowest BCUT2D eigenvalue weighted by atomic mass is 9.95. The molecule has 32 heavy (non-hydrogen) atoms.